The standard InChI is InChI=1S/C33H27BrN2O6S/c1-5-16-42-25-15-12-22(34)17-21(25)18-27-31(37)36-30(24-14-13-23(39-3)19-26(24)40-4)28(32(38)41-6-2)29(35-33(36)43-27)20-10-8-7-9-11-20/h1,7-15,17-19,30H,6,16H2,2-4H3/b27-18-/t30-/m1/s1. The second kappa shape index (κ2) is 13.2. The Labute approximate surface area is 260 Å². The van der Waals surface area contributed by atoms with Crippen LogP contribution in [0.2, 0.25) is 0 Å². The largest absolute Gasteiger partial charge is 0.497 e. The molecule has 0 N–H and O–H groups in total. The first-order chi connectivity index (χ1) is 20.9. The van der Waals surface area contributed by atoms with Crippen molar-refractivity contribution in [3.05, 3.63) is 113 Å². The maximum atomic E-state index is 14.3. The Balaban J connectivity index is 1.85. The van der Waals surface area contributed by atoms with Gasteiger partial charge in [0, 0.05) is 27.2 Å². The van der Waals surface area contributed by atoms with Crippen LogP contribution in [-0.4, -0.2) is 38.0 Å². The fourth-order valence-corrected chi connectivity index (χ4v) is 6.17. The zero-order valence-electron chi connectivity index (χ0n) is 23.6. The van der Waals surface area contributed by atoms with Gasteiger partial charge >= 0.3 is 5.97 Å². The van der Waals surface area contributed by atoms with Gasteiger partial charge in [-0.3, -0.25) is 9.36 Å². The molecule has 3 aromatic carbocycles. The number of fused-ring (bicyclic) bond motifs is 1. The van der Waals surface area contributed by atoms with E-state index in [2.05, 4.69) is 21.9 Å². The van der Waals surface area contributed by atoms with Crippen molar-refractivity contribution in [2.45, 2.75) is 13.0 Å². The molecule has 1 atom stereocenters. The van der Waals surface area contributed by atoms with Crippen molar-refractivity contribution in [3.63, 3.8) is 0 Å². The maximum absolute atomic E-state index is 14.3. The van der Waals surface area contributed by atoms with Crippen LogP contribution in [0.5, 0.6) is 17.2 Å². The average Bonchev–Trinajstić information content (AvgIpc) is 3.34. The molecular formula is C33H27BrN2O6S. The lowest BCUT2D eigenvalue weighted by Gasteiger charge is -2.27. The van der Waals surface area contributed by atoms with Crippen molar-refractivity contribution in [3.8, 4) is 29.6 Å². The number of carbonyl (C=O) groups is 1. The molecule has 5 rings (SSSR count). The van der Waals surface area contributed by atoms with E-state index in [1.54, 1.807) is 44.4 Å². The first-order valence-electron chi connectivity index (χ1n) is 13.3. The number of terminal acetylenes is 1. The van der Waals surface area contributed by atoms with Gasteiger partial charge in [0.15, 0.2) is 4.80 Å². The van der Waals surface area contributed by atoms with Gasteiger partial charge in [-0.15, -0.1) is 6.42 Å². The van der Waals surface area contributed by atoms with Gasteiger partial charge in [-0.05, 0) is 43.3 Å². The molecule has 0 fully saturated rings. The highest BCUT2D eigenvalue weighted by atomic mass is 79.9. The quantitative estimate of drug-likeness (QED) is 0.191. The van der Waals surface area contributed by atoms with Crippen molar-refractivity contribution in [1.82, 2.24) is 4.57 Å². The first kappa shape index (κ1) is 29.9. The Morgan fingerprint density at radius 1 is 1.09 bits per heavy atom. The second-order valence-electron chi connectivity index (χ2n) is 9.21. The summed E-state index contributed by atoms with van der Waals surface area (Å²) in [6.45, 7) is 1.95. The molecule has 0 saturated carbocycles. The van der Waals surface area contributed by atoms with Crippen LogP contribution in [0.25, 0.3) is 11.8 Å². The van der Waals surface area contributed by atoms with Gasteiger partial charge in [-0.2, -0.15) is 0 Å². The molecular weight excluding hydrogens is 632 g/mol. The van der Waals surface area contributed by atoms with E-state index in [1.165, 1.54) is 23.0 Å². The third kappa shape index (κ3) is 6.00. The summed E-state index contributed by atoms with van der Waals surface area (Å²) in [5, 5.41) is 0. The highest BCUT2D eigenvalue weighted by Gasteiger charge is 2.36. The number of aromatic nitrogens is 1. The Morgan fingerprint density at radius 3 is 2.58 bits per heavy atom. The van der Waals surface area contributed by atoms with Crippen LogP contribution in [0.3, 0.4) is 0 Å². The van der Waals surface area contributed by atoms with Gasteiger partial charge in [-0.25, -0.2) is 9.79 Å². The summed E-state index contributed by atoms with van der Waals surface area (Å²) in [4.78, 5) is 33.3. The molecule has 0 saturated heterocycles. The van der Waals surface area contributed by atoms with Crippen molar-refractivity contribution >= 4 is 45.0 Å². The fraction of sp³-hybridized carbons (Fsp3) is 0.182. The lowest BCUT2D eigenvalue weighted by atomic mass is 9.92. The lowest BCUT2D eigenvalue weighted by molar-refractivity contribution is -0.138. The van der Waals surface area contributed by atoms with Gasteiger partial charge < -0.3 is 18.9 Å². The number of ether oxygens (including phenoxy) is 4. The van der Waals surface area contributed by atoms with Crippen LogP contribution in [0.15, 0.2) is 86.6 Å². The van der Waals surface area contributed by atoms with E-state index in [0.717, 1.165) is 4.47 Å². The van der Waals surface area contributed by atoms with E-state index in [0.29, 0.717) is 49.0 Å². The lowest BCUT2D eigenvalue weighted by Crippen LogP contribution is -2.40. The number of hydrogen-bond acceptors (Lipinski definition) is 8. The third-order valence-electron chi connectivity index (χ3n) is 6.68. The highest BCUT2D eigenvalue weighted by molar-refractivity contribution is 9.10. The van der Waals surface area contributed by atoms with Gasteiger partial charge in [0.2, 0.25) is 0 Å². The monoisotopic (exact) mass is 658 g/mol. The molecule has 10 heteroatoms. The molecule has 0 aliphatic carbocycles. The number of thiazole rings is 1. The molecule has 0 amide bonds. The molecule has 8 nitrogen and oxygen atoms in total. The molecule has 1 aliphatic rings. The fourth-order valence-electron chi connectivity index (χ4n) is 4.80. The molecule has 218 valence electrons. The molecule has 0 unspecified atom stereocenters. The van der Waals surface area contributed by atoms with Crippen molar-refractivity contribution in [1.29, 1.82) is 0 Å². The number of carbonyl (C=O) groups excluding carboxylic acids is 1. The van der Waals surface area contributed by atoms with Crippen molar-refractivity contribution in [2.24, 2.45) is 4.99 Å². The van der Waals surface area contributed by atoms with Crippen LogP contribution >= 0.6 is 27.3 Å². The zero-order chi connectivity index (χ0) is 30.5. The molecule has 1 aromatic heterocycles. The van der Waals surface area contributed by atoms with E-state index in [1.807, 2.05) is 42.5 Å². The smallest absolute Gasteiger partial charge is 0.338 e. The van der Waals surface area contributed by atoms with Gasteiger partial charge in [0.05, 0.1) is 36.6 Å². The van der Waals surface area contributed by atoms with E-state index < -0.39 is 12.0 Å². The van der Waals surface area contributed by atoms with E-state index in [4.69, 9.17) is 30.4 Å². The van der Waals surface area contributed by atoms with Gasteiger partial charge in [-0.1, -0.05) is 63.5 Å². The number of rotatable bonds is 9. The summed E-state index contributed by atoms with van der Waals surface area (Å²) in [6.07, 6.45) is 7.15. The molecule has 2 heterocycles. The Bertz CT molecular complexity index is 1940. The number of hydrogen-bond donors (Lipinski definition) is 0. The number of halogens is 1. The van der Waals surface area contributed by atoms with E-state index >= 15 is 0 Å². The molecule has 0 bridgehead atoms. The molecule has 0 spiro atoms. The minimum atomic E-state index is -0.909. The topological polar surface area (TPSA) is 88.3 Å². The van der Waals surface area contributed by atoms with Crippen molar-refractivity contribution < 1.29 is 23.7 Å². The Morgan fingerprint density at radius 2 is 1.88 bits per heavy atom. The van der Waals surface area contributed by atoms with Gasteiger partial charge in [0.25, 0.3) is 5.56 Å². The Kier molecular flexibility index (Phi) is 9.14. The zero-order valence-corrected chi connectivity index (χ0v) is 26.0. The third-order valence-corrected chi connectivity index (χ3v) is 8.15. The minimum absolute atomic E-state index is 0.0737. The number of nitrogens with zero attached hydrogens (tertiary/aromatic N) is 2. The first-order valence-corrected chi connectivity index (χ1v) is 14.9. The van der Waals surface area contributed by atoms with Crippen LogP contribution in [0.1, 0.15) is 29.7 Å². The number of esters is 1. The SMILES string of the molecule is C#CCOc1ccc(Br)cc1/C=c1\sc2n(c1=O)[C@H](c1ccc(OC)cc1OC)C(C(=O)OCC)=C(c1ccccc1)N=2. The van der Waals surface area contributed by atoms with E-state index in [9.17, 15) is 9.59 Å². The number of benzene rings is 3. The van der Waals surface area contributed by atoms with Crippen LogP contribution in [0.4, 0.5) is 0 Å². The van der Waals surface area contributed by atoms with Crippen molar-refractivity contribution in [2.75, 3.05) is 27.4 Å². The Hall–Kier alpha value is -4.59. The maximum Gasteiger partial charge on any atom is 0.338 e. The summed E-state index contributed by atoms with van der Waals surface area (Å²) in [5.74, 6) is 3.41. The van der Waals surface area contributed by atoms with Crippen LogP contribution < -0.4 is 29.1 Å². The second-order valence-corrected chi connectivity index (χ2v) is 11.1. The van der Waals surface area contributed by atoms with Crippen LogP contribution in [0, 0.1) is 12.3 Å². The van der Waals surface area contributed by atoms with Gasteiger partial charge in [0.1, 0.15) is 29.9 Å². The summed E-state index contributed by atoms with van der Waals surface area (Å²) < 4.78 is 25.1. The predicted molar refractivity (Wildman–Crippen MR) is 169 cm³/mol. The summed E-state index contributed by atoms with van der Waals surface area (Å²) in [5.41, 5.74) is 2.22. The summed E-state index contributed by atoms with van der Waals surface area (Å²) in [6, 6.07) is 19.1. The highest BCUT2D eigenvalue weighted by Crippen LogP contribution is 2.40. The number of methoxy groups -OCH3 is 2. The minimum Gasteiger partial charge on any atom is -0.497 e. The average molecular weight is 660 g/mol. The molecule has 43 heavy (non-hydrogen) atoms. The predicted octanol–water partition coefficient (Wildman–Crippen LogP) is 4.73. The van der Waals surface area contributed by atoms with Crippen LogP contribution in [-0.2, 0) is 9.53 Å². The molecule has 1 aliphatic heterocycles. The molecule has 4 aromatic rings. The summed E-state index contributed by atoms with van der Waals surface area (Å²) in [7, 11) is 3.08. The van der Waals surface area contributed by atoms with E-state index in [-0.39, 0.29) is 24.3 Å². The summed E-state index contributed by atoms with van der Waals surface area (Å²) >= 11 is 4.70. The normalized spacial score (nSPS) is 14.4. The molecule has 0 radical (unpaired) electrons.